The van der Waals surface area contributed by atoms with Gasteiger partial charge < -0.3 is 14.9 Å². The Labute approximate surface area is 70.5 Å². The molecule has 0 saturated heterocycles. The highest BCUT2D eigenvalue weighted by Gasteiger charge is 2.11. The smallest absolute Gasteiger partial charge is 0.400 e. The molecule has 0 aliphatic heterocycles. The third kappa shape index (κ3) is 2.54. The summed E-state index contributed by atoms with van der Waals surface area (Å²) in [5, 5.41) is 16.6. The summed E-state index contributed by atoms with van der Waals surface area (Å²) in [5.74, 6) is 0.464. The van der Waals surface area contributed by atoms with Gasteiger partial charge in [-0.2, -0.15) is 4.81 Å². The molecule has 0 aliphatic carbocycles. The van der Waals surface area contributed by atoms with Crippen molar-refractivity contribution in [3.8, 4) is 5.75 Å². The first-order valence-corrected chi connectivity index (χ1v) is 3.45. The third-order valence-electron chi connectivity index (χ3n) is 1.32. The van der Waals surface area contributed by atoms with E-state index >= 15 is 0 Å². The van der Waals surface area contributed by atoms with Crippen LogP contribution in [-0.4, -0.2) is 17.4 Å². The van der Waals surface area contributed by atoms with Crippen molar-refractivity contribution in [1.82, 2.24) is 0 Å². The Balaban J connectivity index is 2.57. The maximum absolute atomic E-state index is 8.31. The van der Waals surface area contributed by atoms with E-state index in [1.54, 1.807) is 12.1 Å². The molecule has 2 N–H and O–H groups in total. The molecule has 0 bridgehead atoms. The first-order chi connectivity index (χ1) is 5.70. The average Bonchev–Trinajstić information content (AvgIpc) is 2.03. The molecular formula is C7H9BO4. The summed E-state index contributed by atoms with van der Waals surface area (Å²) in [4.78, 5) is 8.72. The predicted molar refractivity (Wildman–Crippen MR) is 43.1 cm³/mol. The zero-order valence-electron chi connectivity index (χ0n) is 6.60. The number of hydrogen-bond donors (Lipinski definition) is 2. The van der Waals surface area contributed by atoms with Gasteiger partial charge in [0.2, 0.25) is 0 Å². The molecule has 0 radical (unpaired) electrons. The lowest BCUT2D eigenvalue weighted by Crippen LogP contribution is -2.19. The minimum Gasteiger partial charge on any atom is -0.400 e. The largest absolute Gasteiger partial charge is 0.672 e. The summed E-state index contributed by atoms with van der Waals surface area (Å²) in [6.07, 6.45) is 0. The van der Waals surface area contributed by atoms with E-state index in [1.165, 1.54) is 0 Å². The van der Waals surface area contributed by atoms with Gasteiger partial charge in [0, 0.05) is 0 Å². The molecule has 0 aliphatic rings. The zero-order valence-corrected chi connectivity index (χ0v) is 6.60. The molecule has 0 saturated carbocycles. The first kappa shape index (κ1) is 9.06. The molecule has 0 atom stereocenters. The number of hydrogen-bond acceptors (Lipinski definition) is 4. The standard InChI is InChI=1S/C7H9BO4/c1-6-4-2-3-5-7(6)11-12-8(9)10/h2-5,9-10H,1H3. The minimum absolute atomic E-state index is 0.464. The van der Waals surface area contributed by atoms with Crippen LogP contribution in [-0.2, 0) is 4.81 Å². The van der Waals surface area contributed by atoms with Crippen molar-refractivity contribution in [2.24, 2.45) is 0 Å². The fraction of sp³-hybridized carbons (Fsp3) is 0.143. The van der Waals surface area contributed by atoms with E-state index < -0.39 is 7.32 Å². The summed E-state index contributed by atoms with van der Waals surface area (Å²) < 4.78 is 0. The number of benzene rings is 1. The van der Waals surface area contributed by atoms with Crippen LogP contribution in [0.3, 0.4) is 0 Å². The van der Waals surface area contributed by atoms with Gasteiger partial charge in [0.15, 0.2) is 5.75 Å². The molecule has 0 unspecified atom stereocenters. The maximum atomic E-state index is 8.31. The molecule has 4 nitrogen and oxygen atoms in total. The van der Waals surface area contributed by atoms with Crippen molar-refractivity contribution < 1.29 is 19.7 Å². The second-order valence-electron chi connectivity index (χ2n) is 2.27. The van der Waals surface area contributed by atoms with Crippen molar-refractivity contribution in [1.29, 1.82) is 0 Å². The van der Waals surface area contributed by atoms with Crippen LogP contribution in [0.4, 0.5) is 0 Å². The SMILES string of the molecule is Cc1ccccc1OOB(O)O. The van der Waals surface area contributed by atoms with E-state index in [0.29, 0.717) is 5.75 Å². The van der Waals surface area contributed by atoms with Gasteiger partial charge in [-0.1, -0.05) is 18.2 Å². The highest BCUT2D eigenvalue weighted by molar-refractivity contribution is 6.32. The van der Waals surface area contributed by atoms with Crippen molar-refractivity contribution in [3.05, 3.63) is 29.8 Å². The molecule has 5 heteroatoms. The predicted octanol–water partition coefficient (Wildman–Crippen LogP) is 0.275. The molecular weight excluding hydrogens is 159 g/mol. The van der Waals surface area contributed by atoms with Gasteiger partial charge in [0.05, 0.1) is 0 Å². The minimum atomic E-state index is -1.91. The van der Waals surface area contributed by atoms with E-state index in [2.05, 4.69) is 9.69 Å². The van der Waals surface area contributed by atoms with Crippen LogP contribution in [0.2, 0.25) is 0 Å². The van der Waals surface area contributed by atoms with Gasteiger partial charge in [-0.25, -0.2) is 0 Å². The van der Waals surface area contributed by atoms with Crippen molar-refractivity contribution in [3.63, 3.8) is 0 Å². The quantitative estimate of drug-likeness (QED) is 0.386. The molecule has 0 fully saturated rings. The van der Waals surface area contributed by atoms with Crippen LogP contribution >= 0.6 is 0 Å². The number of para-hydroxylation sites is 1. The van der Waals surface area contributed by atoms with Crippen LogP contribution in [0.25, 0.3) is 0 Å². The Kier molecular flexibility index (Phi) is 3.10. The molecule has 1 aromatic carbocycles. The lowest BCUT2D eigenvalue weighted by atomic mass is 10.2. The Morgan fingerprint density at radius 2 is 1.92 bits per heavy atom. The fourth-order valence-corrected chi connectivity index (χ4v) is 0.745. The maximum Gasteiger partial charge on any atom is 0.672 e. The summed E-state index contributed by atoms with van der Waals surface area (Å²) >= 11 is 0. The average molecular weight is 168 g/mol. The highest BCUT2D eigenvalue weighted by atomic mass is 17.2. The monoisotopic (exact) mass is 168 g/mol. The van der Waals surface area contributed by atoms with Gasteiger partial charge in [-0.15, -0.1) is 0 Å². The topological polar surface area (TPSA) is 58.9 Å². The van der Waals surface area contributed by atoms with E-state index in [9.17, 15) is 0 Å². The van der Waals surface area contributed by atoms with Gasteiger partial charge in [0.25, 0.3) is 0 Å². The van der Waals surface area contributed by atoms with Crippen LogP contribution < -0.4 is 4.89 Å². The molecule has 1 rings (SSSR count). The number of aryl methyl sites for hydroxylation is 1. The second kappa shape index (κ2) is 4.11. The van der Waals surface area contributed by atoms with Crippen molar-refractivity contribution in [2.75, 3.05) is 0 Å². The van der Waals surface area contributed by atoms with Crippen LogP contribution in [0.15, 0.2) is 24.3 Å². The highest BCUT2D eigenvalue weighted by Crippen LogP contribution is 2.15. The lowest BCUT2D eigenvalue weighted by molar-refractivity contribution is -0.138. The van der Waals surface area contributed by atoms with Crippen LogP contribution in [0.5, 0.6) is 5.75 Å². The molecule has 1 aromatic rings. The molecule has 0 aromatic heterocycles. The summed E-state index contributed by atoms with van der Waals surface area (Å²) in [7, 11) is -1.91. The zero-order chi connectivity index (χ0) is 8.97. The van der Waals surface area contributed by atoms with Crippen molar-refractivity contribution >= 4 is 7.32 Å². The fourth-order valence-electron chi connectivity index (χ4n) is 0.745. The second-order valence-corrected chi connectivity index (χ2v) is 2.27. The Morgan fingerprint density at radius 1 is 1.25 bits per heavy atom. The van der Waals surface area contributed by atoms with E-state index in [1.807, 2.05) is 19.1 Å². The summed E-state index contributed by atoms with van der Waals surface area (Å²) in [6.45, 7) is 1.82. The van der Waals surface area contributed by atoms with Crippen LogP contribution in [0, 0.1) is 6.92 Å². The lowest BCUT2D eigenvalue weighted by Gasteiger charge is -2.05. The van der Waals surface area contributed by atoms with Gasteiger partial charge in [-0.05, 0) is 18.6 Å². The molecule has 64 valence electrons. The number of rotatable bonds is 3. The molecule has 0 amide bonds. The first-order valence-electron chi connectivity index (χ1n) is 3.45. The molecule has 12 heavy (non-hydrogen) atoms. The van der Waals surface area contributed by atoms with Gasteiger partial charge >= 0.3 is 7.32 Å². The molecule has 0 heterocycles. The van der Waals surface area contributed by atoms with E-state index in [-0.39, 0.29) is 0 Å². The van der Waals surface area contributed by atoms with E-state index in [4.69, 9.17) is 10.0 Å². The molecule has 0 spiro atoms. The van der Waals surface area contributed by atoms with Gasteiger partial charge in [0.1, 0.15) is 0 Å². The third-order valence-corrected chi connectivity index (χ3v) is 1.32. The summed E-state index contributed by atoms with van der Waals surface area (Å²) in [5.41, 5.74) is 0.859. The Morgan fingerprint density at radius 3 is 2.50 bits per heavy atom. The normalized spacial score (nSPS) is 9.58. The Bertz CT molecular complexity index is 251. The van der Waals surface area contributed by atoms with Crippen LogP contribution in [0.1, 0.15) is 5.56 Å². The van der Waals surface area contributed by atoms with Gasteiger partial charge in [-0.3, -0.25) is 0 Å². The van der Waals surface area contributed by atoms with E-state index in [0.717, 1.165) is 5.56 Å². The Hall–Kier alpha value is -1.04. The summed E-state index contributed by atoms with van der Waals surface area (Å²) in [6, 6.07) is 7.09. The van der Waals surface area contributed by atoms with Crippen molar-refractivity contribution in [2.45, 2.75) is 6.92 Å².